The predicted molar refractivity (Wildman–Crippen MR) is 185 cm³/mol. The molecule has 0 spiro atoms. The van der Waals surface area contributed by atoms with E-state index < -0.39 is 0 Å². The van der Waals surface area contributed by atoms with E-state index in [-0.39, 0.29) is 6.79 Å². The van der Waals surface area contributed by atoms with Gasteiger partial charge in [-0.3, -0.25) is 4.90 Å². The summed E-state index contributed by atoms with van der Waals surface area (Å²) >= 11 is 0. The quantitative estimate of drug-likeness (QED) is 0.115. The molecule has 1 aromatic heterocycles. The molecule has 252 valence electrons. The highest BCUT2D eigenvalue weighted by atomic mass is 16.7. The van der Waals surface area contributed by atoms with Gasteiger partial charge in [-0.15, -0.1) is 0 Å². The molecule has 3 aromatic carbocycles. The van der Waals surface area contributed by atoms with Crippen LogP contribution in [0.3, 0.4) is 0 Å². The Labute approximate surface area is 277 Å². The van der Waals surface area contributed by atoms with E-state index in [1.54, 1.807) is 14.2 Å². The lowest BCUT2D eigenvalue weighted by Crippen LogP contribution is -2.34. The number of likely N-dealkylation sites (tertiary alicyclic amines) is 2. The monoisotopic (exact) mass is 644 g/mol. The summed E-state index contributed by atoms with van der Waals surface area (Å²) in [6, 6.07) is 10.1. The SMILES string of the molecule is CCN(CCCOc1cc2cc3c(cc2c2nc(OCCN4CCCC4)c4cc(OC)c(OC)cc4c12)OCO3)CCN1CCCC1. The molecule has 4 heterocycles. The minimum Gasteiger partial charge on any atom is -0.493 e. The molecule has 10 nitrogen and oxygen atoms in total. The number of hydrogen-bond acceptors (Lipinski definition) is 10. The lowest BCUT2D eigenvalue weighted by atomic mass is 9.99. The summed E-state index contributed by atoms with van der Waals surface area (Å²) in [6.07, 6.45) is 6.07. The second-order valence-electron chi connectivity index (χ2n) is 12.8. The van der Waals surface area contributed by atoms with Gasteiger partial charge in [0.25, 0.3) is 0 Å². The summed E-state index contributed by atoms with van der Waals surface area (Å²) in [4.78, 5) is 12.8. The normalized spacial score (nSPS) is 16.7. The first-order chi connectivity index (χ1) is 23.1. The van der Waals surface area contributed by atoms with E-state index in [0.29, 0.717) is 36.3 Å². The number of rotatable bonds is 15. The first kappa shape index (κ1) is 31.8. The molecule has 2 saturated heterocycles. The number of likely N-dealkylation sites (N-methyl/N-ethyl adjacent to an activating group) is 1. The number of aromatic nitrogens is 1. The van der Waals surface area contributed by atoms with Gasteiger partial charge in [-0.2, -0.15) is 0 Å². The molecular weight excluding hydrogens is 596 g/mol. The van der Waals surface area contributed by atoms with Crippen LogP contribution in [-0.4, -0.2) is 113 Å². The molecule has 0 unspecified atom stereocenters. The zero-order valence-corrected chi connectivity index (χ0v) is 28.1. The molecule has 0 amide bonds. The van der Waals surface area contributed by atoms with Gasteiger partial charge in [0.1, 0.15) is 12.4 Å². The van der Waals surface area contributed by atoms with Gasteiger partial charge >= 0.3 is 0 Å². The Morgan fingerprint density at radius 3 is 2.11 bits per heavy atom. The topological polar surface area (TPSA) is 78.0 Å². The van der Waals surface area contributed by atoms with Crippen LogP contribution in [0.25, 0.3) is 32.4 Å². The summed E-state index contributed by atoms with van der Waals surface area (Å²) in [5.41, 5.74) is 0.799. The lowest BCUT2D eigenvalue weighted by Gasteiger charge is -2.24. The third kappa shape index (κ3) is 6.82. The van der Waals surface area contributed by atoms with Crippen molar-refractivity contribution in [1.82, 2.24) is 19.7 Å². The van der Waals surface area contributed by atoms with Crippen molar-refractivity contribution in [3.05, 3.63) is 30.3 Å². The second-order valence-corrected chi connectivity index (χ2v) is 12.8. The molecule has 3 aliphatic heterocycles. The lowest BCUT2D eigenvalue weighted by molar-refractivity contribution is 0.174. The van der Waals surface area contributed by atoms with Crippen LogP contribution in [0, 0.1) is 0 Å². The minimum atomic E-state index is 0.205. The van der Waals surface area contributed by atoms with Crippen molar-refractivity contribution < 1.29 is 28.4 Å². The highest BCUT2D eigenvalue weighted by Gasteiger charge is 2.23. The number of methoxy groups -OCH3 is 2. The Bertz CT molecular complexity index is 1700. The molecule has 10 heteroatoms. The van der Waals surface area contributed by atoms with E-state index in [1.807, 2.05) is 24.3 Å². The van der Waals surface area contributed by atoms with Crippen molar-refractivity contribution in [3.63, 3.8) is 0 Å². The molecule has 7 rings (SSSR count). The fraction of sp³-hybridized carbons (Fsp3) is 0.541. The zero-order valence-electron chi connectivity index (χ0n) is 28.1. The highest BCUT2D eigenvalue weighted by Crippen LogP contribution is 2.46. The molecule has 47 heavy (non-hydrogen) atoms. The standard InChI is InChI=1S/C37H48N4O6/c1-4-39(15-16-40-10-5-6-11-40)14-9-18-44-34-21-26-20-32-33(47-25-46-32)22-27(26)36-35(34)28-23-30(42-2)31(43-3)24-29(28)37(38-36)45-19-17-41-12-7-8-13-41/h20-24H,4-19,25H2,1-3H3. The maximum absolute atomic E-state index is 6.68. The van der Waals surface area contributed by atoms with Gasteiger partial charge in [0.05, 0.1) is 31.7 Å². The molecule has 0 radical (unpaired) electrons. The van der Waals surface area contributed by atoms with Crippen LogP contribution in [0.5, 0.6) is 34.6 Å². The van der Waals surface area contributed by atoms with Crippen molar-refractivity contribution in [3.8, 4) is 34.6 Å². The maximum Gasteiger partial charge on any atom is 0.231 e. The molecule has 0 atom stereocenters. The summed E-state index contributed by atoms with van der Waals surface area (Å²) < 4.78 is 36.2. The molecule has 0 bridgehead atoms. The number of ether oxygens (including phenoxy) is 6. The molecular formula is C37H48N4O6. The predicted octanol–water partition coefficient (Wildman–Crippen LogP) is 5.95. The fourth-order valence-electron chi connectivity index (χ4n) is 7.24. The summed E-state index contributed by atoms with van der Waals surface area (Å²) in [5.74, 6) is 4.07. The first-order valence-corrected chi connectivity index (χ1v) is 17.3. The average Bonchev–Trinajstić information content (AvgIpc) is 3.90. The number of nitrogens with zero attached hydrogens (tertiary/aromatic N) is 4. The van der Waals surface area contributed by atoms with Crippen LogP contribution < -0.4 is 28.4 Å². The Morgan fingerprint density at radius 2 is 1.40 bits per heavy atom. The average molecular weight is 645 g/mol. The van der Waals surface area contributed by atoms with E-state index in [9.17, 15) is 0 Å². The third-order valence-electron chi connectivity index (χ3n) is 9.91. The van der Waals surface area contributed by atoms with Crippen molar-refractivity contribution in [2.45, 2.75) is 39.0 Å². The van der Waals surface area contributed by atoms with Gasteiger partial charge < -0.3 is 38.2 Å². The van der Waals surface area contributed by atoms with Crippen molar-refractivity contribution in [1.29, 1.82) is 0 Å². The summed E-state index contributed by atoms with van der Waals surface area (Å²) in [7, 11) is 3.32. The van der Waals surface area contributed by atoms with Gasteiger partial charge in [-0.25, -0.2) is 4.98 Å². The van der Waals surface area contributed by atoms with E-state index in [2.05, 4.69) is 27.7 Å². The molecule has 0 saturated carbocycles. The number of fused-ring (bicyclic) bond motifs is 6. The number of pyridine rings is 1. The summed E-state index contributed by atoms with van der Waals surface area (Å²) in [6.45, 7) is 13.4. The maximum atomic E-state index is 6.68. The molecule has 3 aliphatic rings. The fourth-order valence-corrected chi connectivity index (χ4v) is 7.24. The smallest absolute Gasteiger partial charge is 0.231 e. The number of benzene rings is 3. The Hall–Kier alpha value is -3.73. The van der Waals surface area contributed by atoms with E-state index in [4.69, 9.17) is 33.4 Å². The third-order valence-corrected chi connectivity index (χ3v) is 9.91. The Balaban J connectivity index is 1.25. The van der Waals surface area contributed by atoms with E-state index in [0.717, 1.165) is 96.2 Å². The zero-order chi connectivity index (χ0) is 32.2. The van der Waals surface area contributed by atoms with Crippen LogP contribution in [0.4, 0.5) is 0 Å². The number of hydrogen-bond donors (Lipinski definition) is 0. The first-order valence-electron chi connectivity index (χ1n) is 17.3. The van der Waals surface area contributed by atoms with Gasteiger partial charge in [0, 0.05) is 42.3 Å². The van der Waals surface area contributed by atoms with E-state index >= 15 is 0 Å². The van der Waals surface area contributed by atoms with Crippen LogP contribution in [0.2, 0.25) is 0 Å². The largest absolute Gasteiger partial charge is 0.493 e. The molecule has 0 aliphatic carbocycles. The van der Waals surface area contributed by atoms with Gasteiger partial charge in [0.15, 0.2) is 23.0 Å². The second kappa shape index (κ2) is 14.6. The molecule has 4 aromatic rings. The van der Waals surface area contributed by atoms with Gasteiger partial charge in [0.2, 0.25) is 12.7 Å². The minimum absolute atomic E-state index is 0.205. The highest BCUT2D eigenvalue weighted by molar-refractivity contribution is 6.20. The Morgan fingerprint density at radius 1 is 0.723 bits per heavy atom. The van der Waals surface area contributed by atoms with E-state index in [1.165, 1.54) is 38.8 Å². The molecule has 0 N–H and O–H groups in total. The van der Waals surface area contributed by atoms with Crippen LogP contribution in [-0.2, 0) is 0 Å². The van der Waals surface area contributed by atoms with Gasteiger partial charge in [-0.05, 0) is 101 Å². The Kier molecular flexibility index (Phi) is 9.88. The van der Waals surface area contributed by atoms with Crippen LogP contribution in [0.1, 0.15) is 39.0 Å². The van der Waals surface area contributed by atoms with Crippen molar-refractivity contribution in [2.24, 2.45) is 0 Å². The van der Waals surface area contributed by atoms with Gasteiger partial charge in [-0.1, -0.05) is 6.92 Å². The van der Waals surface area contributed by atoms with Crippen molar-refractivity contribution >= 4 is 32.4 Å². The van der Waals surface area contributed by atoms with Crippen LogP contribution in [0.15, 0.2) is 30.3 Å². The van der Waals surface area contributed by atoms with Crippen molar-refractivity contribution in [2.75, 3.05) is 93.1 Å². The summed E-state index contributed by atoms with van der Waals surface area (Å²) in [5, 5.41) is 4.66. The molecule has 2 fully saturated rings. The van der Waals surface area contributed by atoms with Crippen LogP contribution >= 0.6 is 0 Å².